The molecule has 0 saturated carbocycles. The predicted molar refractivity (Wildman–Crippen MR) is 154 cm³/mol. The maximum Gasteiger partial charge on any atom is 0.320 e. The molecule has 0 spiro atoms. The topological polar surface area (TPSA) is 128 Å². The van der Waals surface area contributed by atoms with Crippen molar-refractivity contribution < 1.29 is 22.7 Å². The van der Waals surface area contributed by atoms with Gasteiger partial charge in [-0.05, 0) is 25.0 Å². The van der Waals surface area contributed by atoms with Gasteiger partial charge in [-0.2, -0.15) is 4.31 Å². The highest BCUT2D eigenvalue weighted by molar-refractivity contribution is 14.1. The molecule has 11 nitrogen and oxygen atoms in total. The predicted octanol–water partition coefficient (Wildman–Crippen LogP) is 3.46. The number of hydrogen-bond acceptors (Lipinski definition) is 7. The number of nitrogens with zero attached hydrogens (tertiary/aromatic N) is 4. The Morgan fingerprint density at radius 1 is 1.35 bits per heavy atom. The molecule has 2 saturated heterocycles. The van der Waals surface area contributed by atoms with E-state index in [4.69, 9.17) is 9.47 Å². The Kier molecular flexibility index (Phi) is 8.85. The fourth-order valence-corrected chi connectivity index (χ4v) is 9.10. The smallest absolute Gasteiger partial charge is 0.320 e. The van der Waals surface area contributed by atoms with Gasteiger partial charge in [0.15, 0.2) is 11.5 Å². The van der Waals surface area contributed by atoms with E-state index >= 15 is 0 Å². The first-order chi connectivity index (χ1) is 17.4. The first-order valence-electron chi connectivity index (χ1n) is 12.5. The molecule has 2 aliphatic heterocycles. The van der Waals surface area contributed by atoms with Gasteiger partial charge in [0.05, 0.1) is 35.3 Å². The molecule has 0 aliphatic carbocycles. The number of amides is 2. The second-order valence-electron chi connectivity index (χ2n) is 11.5. The number of aromatic nitrogens is 3. The Bertz CT molecular complexity index is 1220. The van der Waals surface area contributed by atoms with E-state index in [1.54, 1.807) is 0 Å². The SMILES string of the molecule is CC1(CS(=O)(=O)N2CCCC(NC(=O)Nc3cnc4c(ccn4COCC[Si](C)(C)C)n3)C2I)COC1. The minimum Gasteiger partial charge on any atom is -0.380 e. The highest BCUT2D eigenvalue weighted by atomic mass is 127. The summed E-state index contributed by atoms with van der Waals surface area (Å²) in [5, 5.41) is 5.67. The van der Waals surface area contributed by atoms with Crippen molar-refractivity contribution in [1.29, 1.82) is 0 Å². The monoisotopic (exact) mass is 664 g/mol. The minimum atomic E-state index is -3.48. The zero-order chi connectivity index (χ0) is 26.8. The standard InChI is InChI=1S/C23H37IN6O5SSi/c1-23(13-35-14-23)15-36(32,33)30-8-5-6-17(20(30)24)27-22(31)28-19-12-25-21-18(26-19)7-9-29(21)16-34-10-11-37(2,3)4/h7,9,12,17,20H,5-6,8,10-11,13-16H2,1-4H3,(H2,26,27,28,31). The van der Waals surface area contributed by atoms with E-state index in [9.17, 15) is 13.2 Å². The van der Waals surface area contributed by atoms with Gasteiger partial charge in [-0.25, -0.2) is 23.2 Å². The molecule has 4 heterocycles. The van der Waals surface area contributed by atoms with E-state index in [1.807, 2.05) is 23.8 Å². The normalized spacial score (nSPS) is 22.5. The van der Waals surface area contributed by atoms with Crippen LogP contribution in [0.4, 0.5) is 10.6 Å². The zero-order valence-corrected chi connectivity index (χ0v) is 25.8. The lowest BCUT2D eigenvalue weighted by atomic mass is 9.92. The van der Waals surface area contributed by atoms with Gasteiger partial charge in [0.2, 0.25) is 10.0 Å². The number of urea groups is 1. The molecule has 2 fully saturated rings. The average molecular weight is 665 g/mol. The van der Waals surface area contributed by atoms with E-state index in [0.29, 0.717) is 62.9 Å². The van der Waals surface area contributed by atoms with E-state index in [2.05, 4.69) is 62.8 Å². The van der Waals surface area contributed by atoms with Crippen molar-refractivity contribution in [1.82, 2.24) is 24.2 Å². The number of hydrogen-bond donors (Lipinski definition) is 2. The van der Waals surface area contributed by atoms with Crippen LogP contribution in [0.5, 0.6) is 0 Å². The summed E-state index contributed by atoms with van der Waals surface area (Å²) in [6, 6.07) is 2.18. The molecule has 37 heavy (non-hydrogen) atoms. The van der Waals surface area contributed by atoms with Crippen molar-refractivity contribution in [2.75, 3.05) is 37.4 Å². The minimum absolute atomic E-state index is 0.0526. The first-order valence-corrected chi connectivity index (χ1v) is 19.1. The van der Waals surface area contributed by atoms with Crippen LogP contribution in [0, 0.1) is 5.41 Å². The maximum absolute atomic E-state index is 13.1. The molecule has 2 aromatic rings. The molecular formula is C23H37IN6O5SSi. The zero-order valence-electron chi connectivity index (χ0n) is 21.9. The third kappa shape index (κ3) is 7.41. The van der Waals surface area contributed by atoms with Gasteiger partial charge >= 0.3 is 6.03 Å². The molecule has 0 bridgehead atoms. The maximum atomic E-state index is 13.1. The number of carbonyl (C=O) groups is 1. The Labute approximate surface area is 233 Å². The molecule has 14 heteroatoms. The van der Waals surface area contributed by atoms with Crippen LogP contribution < -0.4 is 10.6 Å². The Morgan fingerprint density at radius 3 is 2.78 bits per heavy atom. The number of sulfonamides is 1. The van der Waals surface area contributed by atoms with Gasteiger partial charge in [0, 0.05) is 32.8 Å². The number of ether oxygens (including phenoxy) is 2. The highest BCUT2D eigenvalue weighted by Crippen LogP contribution is 2.33. The largest absolute Gasteiger partial charge is 0.380 e. The fourth-order valence-electron chi connectivity index (χ4n) is 4.41. The molecule has 2 unspecified atom stereocenters. The van der Waals surface area contributed by atoms with Crippen LogP contribution in [0.3, 0.4) is 0 Å². The molecule has 2 amide bonds. The number of alkyl halides is 1. The molecule has 2 atom stereocenters. The molecule has 0 aromatic carbocycles. The Hall–Kier alpha value is -1.33. The summed E-state index contributed by atoms with van der Waals surface area (Å²) in [5.74, 6) is 0.377. The van der Waals surface area contributed by atoms with Crippen molar-refractivity contribution in [2.24, 2.45) is 5.41 Å². The number of nitrogens with one attached hydrogen (secondary N) is 2. The third-order valence-corrected chi connectivity index (χ3v) is 12.3. The van der Waals surface area contributed by atoms with Gasteiger partial charge in [-0.15, -0.1) is 0 Å². The molecule has 206 valence electrons. The molecule has 2 aliphatic rings. The Morgan fingerprint density at radius 2 is 2.11 bits per heavy atom. The summed E-state index contributed by atoms with van der Waals surface area (Å²) in [4.78, 5) is 21.7. The lowest BCUT2D eigenvalue weighted by molar-refractivity contribution is -0.0875. The second kappa shape index (κ2) is 11.4. The lowest BCUT2D eigenvalue weighted by Crippen LogP contribution is -2.57. The fraction of sp³-hybridized carbons (Fsp3) is 0.696. The second-order valence-corrected chi connectivity index (χ2v) is 20.3. The lowest BCUT2D eigenvalue weighted by Gasteiger charge is -2.42. The van der Waals surface area contributed by atoms with Crippen LogP contribution in [0.15, 0.2) is 18.5 Å². The molecular weight excluding hydrogens is 627 g/mol. The van der Waals surface area contributed by atoms with E-state index in [-0.39, 0.29) is 21.3 Å². The molecule has 0 radical (unpaired) electrons. The summed E-state index contributed by atoms with van der Waals surface area (Å²) in [6.45, 7) is 11.4. The average Bonchev–Trinajstić information content (AvgIpc) is 3.18. The third-order valence-electron chi connectivity index (χ3n) is 6.54. The van der Waals surface area contributed by atoms with Crippen LogP contribution in [0.1, 0.15) is 19.8 Å². The number of halogens is 1. The van der Waals surface area contributed by atoms with Crippen molar-refractivity contribution in [2.45, 2.75) is 62.3 Å². The number of anilines is 1. The molecule has 2 N–H and O–H groups in total. The summed E-state index contributed by atoms with van der Waals surface area (Å²) < 4.78 is 40.3. The van der Waals surface area contributed by atoms with Crippen LogP contribution in [-0.2, 0) is 26.2 Å². The van der Waals surface area contributed by atoms with E-state index in [0.717, 1.165) is 6.04 Å². The first kappa shape index (κ1) is 28.7. The van der Waals surface area contributed by atoms with Gasteiger partial charge in [-0.3, -0.25) is 5.32 Å². The van der Waals surface area contributed by atoms with Gasteiger partial charge in [0.1, 0.15) is 12.2 Å². The number of carbonyl (C=O) groups excluding carboxylic acids is 1. The molecule has 2 aromatic heterocycles. The van der Waals surface area contributed by atoms with Crippen LogP contribution in [0.2, 0.25) is 25.7 Å². The van der Waals surface area contributed by atoms with Crippen LogP contribution in [0.25, 0.3) is 11.2 Å². The van der Waals surface area contributed by atoms with Crippen molar-refractivity contribution in [3.8, 4) is 0 Å². The number of piperidine rings is 1. The Balaban J connectivity index is 1.32. The van der Waals surface area contributed by atoms with Crippen molar-refractivity contribution in [3.63, 3.8) is 0 Å². The summed E-state index contributed by atoms with van der Waals surface area (Å²) in [5.41, 5.74) is 0.996. The number of fused-ring (bicyclic) bond motifs is 1. The van der Waals surface area contributed by atoms with Gasteiger partial charge < -0.3 is 19.4 Å². The van der Waals surface area contributed by atoms with E-state index < -0.39 is 24.1 Å². The van der Waals surface area contributed by atoms with E-state index in [1.165, 1.54) is 10.5 Å². The highest BCUT2D eigenvalue weighted by Gasteiger charge is 2.44. The summed E-state index contributed by atoms with van der Waals surface area (Å²) in [6.07, 6.45) is 4.76. The van der Waals surface area contributed by atoms with Crippen molar-refractivity contribution in [3.05, 3.63) is 18.5 Å². The number of rotatable bonds is 10. The summed E-state index contributed by atoms with van der Waals surface area (Å²) in [7, 11) is -4.62. The molecule has 4 rings (SSSR count). The van der Waals surface area contributed by atoms with Crippen LogP contribution >= 0.6 is 22.6 Å². The van der Waals surface area contributed by atoms with Gasteiger partial charge in [-0.1, -0.05) is 49.2 Å². The van der Waals surface area contributed by atoms with Crippen LogP contribution in [-0.4, -0.2) is 83.6 Å². The van der Waals surface area contributed by atoms with Gasteiger partial charge in [0.25, 0.3) is 0 Å². The summed E-state index contributed by atoms with van der Waals surface area (Å²) >= 11 is 2.12. The quantitative estimate of drug-likeness (QED) is 0.131. The van der Waals surface area contributed by atoms with Crippen molar-refractivity contribution >= 4 is 63.7 Å².